The molecule has 0 spiro atoms. The number of anilines is 2. The number of halogens is 1. The smallest absolute Gasteiger partial charge is 0.261 e. The predicted molar refractivity (Wildman–Crippen MR) is 140 cm³/mol. The first-order chi connectivity index (χ1) is 18.4. The van der Waals surface area contributed by atoms with Crippen molar-refractivity contribution < 1.29 is 9.13 Å². The number of hydrogen-bond acceptors (Lipinski definition) is 9. The van der Waals surface area contributed by atoms with Crippen LogP contribution in [0.3, 0.4) is 0 Å². The van der Waals surface area contributed by atoms with Gasteiger partial charge in [-0.1, -0.05) is 6.92 Å². The molecule has 1 saturated heterocycles. The fraction of sp³-hybridized carbons (Fsp3) is 0.385. The van der Waals surface area contributed by atoms with E-state index in [0.717, 1.165) is 12.8 Å². The first kappa shape index (κ1) is 24.2. The standard InChI is InChI=1S/C26H28FN9O2/c1-2-19(25-34-20-6-5-16(27)7-18(20)26(37)35(25)9-14-3-4-14)33-24-21(23(29)30-13-31-24)22(28)15-8-32-36(10-15)17-11-38-12-17/h5-8,10,13-14,17,19,28H,2-4,9,11-12H2,1H3,(H3,29,30,31,33)/t19-/m0/s1. The normalized spacial score (nSPS) is 16.4. The second-order valence-corrected chi connectivity index (χ2v) is 9.85. The van der Waals surface area contributed by atoms with Crippen molar-refractivity contribution in [2.75, 3.05) is 24.3 Å². The Hall–Kier alpha value is -4.19. The van der Waals surface area contributed by atoms with Gasteiger partial charge in [0.25, 0.3) is 5.56 Å². The lowest BCUT2D eigenvalue weighted by atomic mass is 10.1. The number of nitrogens with two attached hydrogens (primary N) is 1. The third-order valence-corrected chi connectivity index (χ3v) is 7.13. The first-order valence-corrected chi connectivity index (χ1v) is 12.7. The van der Waals surface area contributed by atoms with Gasteiger partial charge < -0.3 is 15.8 Å². The molecule has 4 N–H and O–H groups in total. The zero-order valence-electron chi connectivity index (χ0n) is 20.9. The summed E-state index contributed by atoms with van der Waals surface area (Å²) in [4.78, 5) is 26.8. The predicted octanol–water partition coefficient (Wildman–Crippen LogP) is 3.06. The van der Waals surface area contributed by atoms with Crippen molar-refractivity contribution >= 4 is 28.3 Å². The van der Waals surface area contributed by atoms with Gasteiger partial charge in [-0.2, -0.15) is 5.10 Å². The van der Waals surface area contributed by atoms with E-state index in [1.54, 1.807) is 21.6 Å². The van der Waals surface area contributed by atoms with Gasteiger partial charge in [0, 0.05) is 18.3 Å². The molecule has 2 aliphatic rings. The van der Waals surface area contributed by atoms with Gasteiger partial charge in [0.15, 0.2) is 0 Å². The van der Waals surface area contributed by atoms with Crippen LogP contribution in [-0.2, 0) is 11.3 Å². The molecule has 0 bridgehead atoms. The lowest BCUT2D eigenvalue weighted by Crippen LogP contribution is -2.31. The Labute approximate surface area is 217 Å². The Morgan fingerprint density at radius 2 is 2.13 bits per heavy atom. The highest BCUT2D eigenvalue weighted by molar-refractivity contribution is 6.16. The van der Waals surface area contributed by atoms with Crippen molar-refractivity contribution in [3.8, 4) is 0 Å². The van der Waals surface area contributed by atoms with Gasteiger partial charge in [0.1, 0.15) is 29.6 Å². The van der Waals surface area contributed by atoms with Crippen molar-refractivity contribution in [2.24, 2.45) is 5.92 Å². The molecule has 2 fully saturated rings. The van der Waals surface area contributed by atoms with E-state index in [-0.39, 0.29) is 28.5 Å². The maximum atomic E-state index is 14.0. The van der Waals surface area contributed by atoms with Crippen molar-refractivity contribution in [1.82, 2.24) is 29.3 Å². The second kappa shape index (κ2) is 9.60. The molecule has 0 amide bonds. The number of nitrogens with zero attached hydrogens (tertiary/aromatic N) is 6. The molecular formula is C26H28FN9O2. The highest BCUT2D eigenvalue weighted by atomic mass is 19.1. The molecule has 1 aliphatic carbocycles. The summed E-state index contributed by atoms with van der Waals surface area (Å²) in [5, 5.41) is 16.9. The molecule has 6 rings (SSSR count). The van der Waals surface area contributed by atoms with E-state index < -0.39 is 11.9 Å². The van der Waals surface area contributed by atoms with Gasteiger partial charge in [0.2, 0.25) is 0 Å². The molecular weight excluding hydrogens is 489 g/mol. The average Bonchev–Trinajstić information content (AvgIpc) is 3.57. The fourth-order valence-corrected chi connectivity index (χ4v) is 4.67. The van der Waals surface area contributed by atoms with E-state index in [1.807, 2.05) is 6.92 Å². The van der Waals surface area contributed by atoms with Crippen LogP contribution in [0.4, 0.5) is 16.0 Å². The molecule has 196 valence electrons. The van der Waals surface area contributed by atoms with E-state index in [0.29, 0.717) is 60.4 Å². The van der Waals surface area contributed by atoms with Crippen LogP contribution in [0.5, 0.6) is 0 Å². The molecule has 12 heteroatoms. The van der Waals surface area contributed by atoms with Gasteiger partial charge in [0.05, 0.1) is 53.7 Å². The lowest BCUT2D eigenvalue weighted by molar-refractivity contribution is -0.0286. The summed E-state index contributed by atoms with van der Waals surface area (Å²) in [5.74, 6) is 0.976. The molecule has 0 unspecified atom stereocenters. The van der Waals surface area contributed by atoms with Gasteiger partial charge in [-0.25, -0.2) is 19.3 Å². The van der Waals surface area contributed by atoms with Crippen LogP contribution in [-0.4, -0.2) is 48.2 Å². The van der Waals surface area contributed by atoms with Gasteiger partial charge in [-0.3, -0.25) is 19.5 Å². The molecule has 4 aromatic rings. The summed E-state index contributed by atoms with van der Waals surface area (Å²) < 4.78 is 22.6. The molecule has 1 aliphatic heterocycles. The molecule has 1 aromatic carbocycles. The monoisotopic (exact) mass is 517 g/mol. The van der Waals surface area contributed by atoms with Crippen LogP contribution in [0.2, 0.25) is 0 Å². The van der Waals surface area contributed by atoms with E-state index in [9.17, 15) is 9.18 Å². The zero-order chi connectivity index (χ0) is 26.4. The van der Waals surface area contributed by atoms with Gasteiger partial charge >= 0.3 is 0 Å². The molecule has 0 radical (unpaired) electrons. The van der Waals surface area contributed by atoms with Crippen LogP contribution in [0, 0.1) is 17.1 Å². The summed E-state index contributed by atoms with van der Waals surface area (Å²) in [5.41, 5.74) is 7.46. The van der Waals surface area contributed by atoms with Crippen molar-refractivity contribution in [1.29, 1.82) is 5.41 Å². The van der Waals surface area contributed by atoms with Crippen molar-refractivity contribution in [2.45, 2.75) is 44.8 Å². The van der Waals surface area contributed by atoms with Crippen molar-refractivity contribution in [3.05, 3.63) is 70.0 Å². The molecule has 11 nitrogen and oxygen atoms in total. The molecule has 38 heavy (non-hydrogen) atoms. The maximum absolute atomic E-state index is 14.0. The third-order valence-electron chi connectivity index (χ3n) is 7.13. The van der Waals surface area contributed by atoms with E-state index in [2.05, 4.69) is 20.4 Å². The highest BCUT2D eigenvalue weighted by Crippen LogP contribution is 2.33. The van der Waals surface area contributed by atoms with Crippen LogP contribution < -0.4 is 16.6 Å². The number of aromatic nitrogens is 6. The van der Waals surface area contributed by atoms with E-state index in [1.165, 1.54) is 24.5 Å². The molecule has 1 atom stereocenters. The number of rotatable bonds is 9. The number of ether oxygens (including phenoxy) is 1. The summed E-state index contributed by atoms with van der Waals surface area (Å²) in [6.45, 7) is 3.67. The Morgan fingerprint density at radius 3 is 2.84 bits per heavy atom. The van der Waals surface area contributed by atoms with Crippen LogP contribution in [0.25, 0.3) is 10.9 Å². The van der Waals surface area contributed by atoms with E-state index in [4.69, 9.17) is 20.9 Å². The van der Waals surface area contributed by atoms with Crippen LogP contribution >= 0.6 is 0 Å². The Bertz CT molecular complexity index is 1590. The molecule has 3 aromatic heterocycles. The number of nitrogen functional groups attached to an aromatic ring is 1. The SMILES string of the molecule is CC[C@H](Nc1ncnc(N)c1C(=N)c1cnn(C2COC2)c1)c1nc2ccc(F)cc2c(=O)n1CC1CC1. The van der Waals surface area contributed by atoms with Gasteiger partial charge in [-0.15, -0.1) is 0 Å². The van der Waals surface area contributed by atoms with Crippen LogP contribution in [0.1, 0.15) is 55.2 Å². The summed E-state index contributed by atoms with van der Waals surface area (Å²) in [6, 6.07) is 3.80. The largest absolute Gasteiger partial charge is 0.383 e. The topological polar surface area (TPSA) is 150 Å². The minimum Gasteiger partial charge on any atom is -0.383 e. The number of hydrogen-bond donors (Lipinski definition) is 3. The number of benzene rings is 1. The number of nitrogens with one attached hydrogen (secondary N) is 2. The highest BCUT2D eigenvalue weighted by Gasteiger charge is 2.28. The Balaban J connectivity index is 1.38. The molecule has 4 heterocycles. The minimum absolute atomic E-state index is 0.129. The van der Waals surface area contributed by atoms with Crippen molar-refractivity contribution in [3.63, 3.8) is 0 Å². The third kappa shape index (κ3) is 4.40. The Kier molecular flexibility index (Phi) is 6.10. The number of fused-ring (bicyclic) bond motifs is 1. The first-order valence-electron chi connectivity index (χ1n) is 12.7. The quantitative estimate of drug-likeness (QED) is 0.287. The molecule has 1 saturated carbocycles. The average molecular weight is 518 g/mol. The fourth-order valence-electron chi connectivity index (χ4n) is 4.67. The summed E-state index contributed by atoms with van der Waals surface area (Å²) in [6.07, 6.45) is 7.40. The summed E-state index contributed by atoms with van der Waals surface area (Å²) >= 11 is 0. The Morgan fingerprint density at radius 1 is 1.32 bits per heavy atom. The summed E-state index contributed by atoms with van der Waals surface area (Å²) in [7, 11) is 0. The second-order valence-electron chi connectivity index (χ2n) is 9.85. The minimum atomic E-state index is -0.472. The van der Waals surface area contributed by atoms with Crippen LogP contribution in [0.15, 0.2) is 41.7 Å². The lowest BCUT2D eigenvalue weighted by Gasteiger charge is -2.26. The van der Waals surface area contributed by atoms with Gasteiger partial charge in [-0.05, 0) is 43.4 Å². The zero-order valence-corrected chi connectivity index (χ0v) is 20.9. The maximum Gasteiger partial charge on any atom is 0.261 e. The van der Waals surface area contributed by atoms with E-state index >= 15 is 0 Å².